The number of aldehydes is 1. The Labute approximate surface area is 64.6 Å². The first kappa shape index (κ1) is 7.91. The van der Waals surface area contributed by atoms with Crippen LogP contribution in [0.3, 0.4) is 0 Å². The summed E-state index contributed by atoms with van der Waals surface area (Å²) in [6.07, 6.45) is 0.991. The normalized spacial score (nSPS) is 10.5. The molecule has 0 aliphatic heterocycles. The molecule has 1 heterocycles. The van der Waals surface area contributed by atoms with E-state index in [-0.39, 0.29) is 12.3 Å². The fourth-order valence-electron chi connectivity index (χ4n) is 0.659. The summed E-state index contributed by atoms with van der Waals surface area (Å²) in [5.41, 5.74) is 0. The average molecular weight is 154 g/mol. The van der Waals surface area contributed by atoms with Crippen LogP contribution in [0.25, 0.3) is 0 Å². The fourth-order valence-corrected chi connectivity index (χ4v) is 0.659. The van der Waals surface area contributed by atoms with E-state index in [0.717, 1.165) is 6.29 Å². The van der Waals surface area contributed by atoms with E-state index in [1.165, 1.54) is 0 Å². The van der Waals surface area contributed by atoms with Crippen LogP contribution in [0.2, 0.25) is 0 Å². The molecular weight excluding hydrogens is 144 g/mol. The predicted molar refractivity (Wildman–Crippen MR) is 38.2 cm³/mol. The lowest BCUT2D eigenvalue weighted by molar-refractivity contribution is -0.107. The maximum atomic E-state index is 10.0. The van der Waals surface area contributed by atoms with Crippen LogP contribution in [0.5, 0.6) is 0 Å². The zero-order chi connectivity index (χ0) is 8.27. The Hall–Kier alpha value is -1.19. The summed E-state index contributed by atoms with van der Waals surface area (Å²) in [4.78, 5) is 14.0. The summed E-state index contributed by atoms with van der Waals surface area (Å²) >= 11 is 0. The summed E-state index contributed by atoms with van der Waals surface area (Å²) in [5.74, 6) is 1.27. The van der Waals surface area contributed by atoms with Gasteiger partial charge >= 0.3 is 0 Å². The van der Waals surface area contributed by atoms with Crippen LogP contribution in [-0.4, -0.2) is 16.4 Å². The molecule has 1 rings (SSSR count). The Bertz CT molecular complexity index is 242. The second kappa shape index (κ2) is 3.27. The SMILES string of the molecule is CC(C)c1nc(CC=O)no1. The smallest absolute Gasteiger partial charge is 0.229 e. The quantitative estimate of drug-likeness (QED) is 0.608. The Kier molecular flexibility index (Phi) is 2.36. The minimum atomic E-state index is 0.225. The lowest BCUT2D eigenvalue weighted by Crippen LogP contribution is -1.90. The van der Waals surface area contributed by atoms with Crippen molar-refractivity contribution in [2.75, 3.05) is 0 Å². The van der Waals surface area contributed by atoms with Gasteiger partial charge in [-0.2, -0.15) is 4.98 Å². The highest BCUT2D eigenvalue weighted by atomic mass is 16.5. The molecule has 1 aromatic heterocycles. The largest absolute Gasteiger partial charge is 0.339 e. The number of hydrogen-bond acceptors (Lipinski definition) is 4. The molecule has 0 saturated heterocycles. The molecule has 0 aromatic carbocycles. The van der Waals surface area contributed by atoms with Crippen molar-refractivity contribution in [2.45, 2.75) is 26.2 Å². The van der Waals surface area contributed by atoms with Gasteiger partial charge < -0.3 is 9.32 Å². The van der Waals surface area contributed by atoms with Crippen molar-refractivity contribution < 1.29 is 9.32 Å². The van der Waals surface area contributed by atoms with Gasteiger partial charge in [0.15, 0.2) is 5.82 Å². The van der Waals surface area contributed by atoms with E-state index < -0.39 is 0 Å². The van der Waals surface area contributed by atoms with Gasteiger partial charge in [0.25, 0.3) is 0 Å². The van der Waals surface area contributed by atoms with Crippen LogP contribution >= 0.6 is 0 Å². The minimum Gasteiger partial charge on any atom is -0.339 e. The molecule has 4 nitrogen and oxygen atoms in total. The summed E-state index contributed by atoms with van der Waals surface area (Å²) in [5, 5.41) is 3.61. The monoisotopic (exact) mass is 154 g/mol. The maximum absolute atomic E-state index is 10.0. The van der Waals surface area contributed by atoms with Gasteiger partial charge in [0.05, 0.1) is 6.42 Å². The van der Waals surface area contributed by atoms with Gasteiger partial charge in [-0.1, -0.05) is 19.0 Å². The number of nitrogens with zero attached hydrogens (tertiary/aromatic N) is 2. The van der Waals surface area contributed by atoms with Crippen molar-refractivity contribution in [2.24, 2.45) is 0 Å². The molecule has 0 bridgehead atoms. The van der Waals surface area contributed by atoms with E-state index in [2.05, 4.69) is 10.1 Å². The molecule has 0 fully saturated rings. The fraction of sp³-hybridized carbons (Fsp3) is 0.571. The van der Waals surface area contributed by atoms with Crippen molar-refractivity contribution in [1.29, 1.82) is 0 Å². The van der Waals surface area contributed by atoms with Crippen molar-refractivity contribution in [3.63, 3.8) is 0 Å². The lowest BCUT2D eigenvalue weighted by Gasteiger charge is -1.91. The first-order chi connectivity index (χ1) is 5.24. The third-order valence-electron chi connectivity index (χ3n) is 1.24. The summed E-state index contributed by atoms with van der Waals surface area (Å²) in [6.45, 7) is 3.91. The summed E-state index contributed by atoms with van der Waals surface area (Å²) in [7, 11) is 0. The van der Waals surface area contributed by atoms with Gasteiger partial charge in [0.2, 0.25) is 5.89 Å². The molecule has 0 amide bonds. The molecule has 60 valence electrons. The Morgan fingerprint density at radius 2 is 2.36 bits per heavy atom. The van der Waals surface area contributed by atoms with E-state index in [9.17, 15) is 4.79 Å². The highest BCUT2D eigenvalue weighted by molar-refractivity contribution is 5.52. The van der Waals surface area contributed by atoms with E-state index in [0.29, 0.717) is 11.7 Å². The number of carbonyl (C=O) groups excluding carboxylic acids is 1. The molecule has 0 N–H and O–H groups in total. The van der Waals surface area contributed by atoms with E-state index in [1.807, 2.05) is 13.8 Å². The molecule has 0 radical (unpaired) electrons. The topological polar surface area (TPSA) is 56.0 Å². The van der Waals surface area contributed by atoms with Crippen LogP contribution in [0.15, 0.2) is 4.52 Å². The lowest BCUT2D eigenvalue weighted by atomic mass is 10.2. The van der Waals surface area contributed by atoms with Gasteiger partial charge in [0.1, 0.15) is 6.29 Å². The van der Waals surface area contributed by atoms with Crippen LogP contribution in [0, 0.1) is 0 Å². The first-order valence-corrected chi connectivity index (χ1v) is 3.50. The summed E-state index contributed by atoms with van der Waals surface area (Å²) in [6, 6.07) is 0. The van der Waals surface area contributed by atoms with Crippen LogP contribution < -0.4 is 0 Å². The Morgan fingerprint density at radius 3 is 2.82 bits per heavy atom. The van der Waals surface area contributed by atoms with Gasteiger partial charge in [-0.25, -0.2) is 0 Å². The highest BCUT2D eigenvalue weighted by Crippen LogP contribution is 2.10. The third kappa shape index (κ3) is 1.86. The third-order valence-corrected chi connectivity index (χ3v) is 1.24. The van der Waals surface area contributed by atoms with Gasteiger partial charge in [0, 0.05) is 5.92 Å². The van der Waals surface area contributed by atoms with Gasteiger partial charge in [-0.05, 0) is 0 Å². The first-order valence-electron chi connectivity index (χ1n) is 3.50. The van der Waals surface area contributed by atoms with Crippen LogP contribution in [0.4, 0.5) is 0 Å². The highest BCUT2D eigenvalue weighted by Gasteiger charge is 2.08. The van der Waals surface area contributed by atoms with E-state index in [4.69, 9.17) is 4.52 Å². The van der Waals surface area contributed by atoms with Gasteiger partial charge in [-0.3, -0.25) is 0 Å². The van der Waals surface area contributed by atoms with Crippen molar-refractivity contribution in [3.8, 4) is 0 Å². The Balaban J connectivity index is 2.73. The minimum absolute atomic E-state index is 0.225. The van der Waals surface area contributed by atoms with E-state index in [1.54, 1.807) is 0 Å². The molecule has 1 aromatic rings. The molecule has 4 heteroatoms. The molecule has 0 aliphatic rings. The van der Waals surface area contributed by atoms with Crippen molar-refractivity contribution in [1.82, 2.24) is 10.1 Å². The van der Waals surface area contributed by atoms with Gasteiger partial charge in [-0.15, -0.1) is 0 Å². The maximum Gasteiger partial charge on any atom is 0.229 e. The average Bonchev–Trinajstić information content (AvgIpc) is 2.37. The number of carbonyl (C=O) groups is 1. The number of aromatic nitrogens is 2. The number of hydrogen-bond donors (Lipinski definition) is 0. The van der Waals surface area contributed by atoms with Crippen LogP contribution in [-0.2, 0) is 11.2 Å². The summed E-state index contributed by atoms with van der Waals surface area (Å²) < 4.78 is 4.86. The van der Waals surface area contributed by atoms with Crippen LogP contribution in [0.1, 0.15) is 31.5 Å². The van der Waals surface area contributed by atoms with E-state index >= 15 is 0 Å². The number of rotatable bonds is 3. The molecule has 0 aliphatic carbocycles. The molecular formula is C7H10N2O2. The van der Waals surface area contributed by atoms with Crippen molar-refractivity contribution >= 4 is 6.29 Å². The molecule has 0 spiro atoms. The zero-order valence-corrected chi connectivity index (χ0v) is 6.57. The second-order valence-electron chi connectivity index (χ2n) is 2.57. The molecule has 0 atom stereocenters. The molecule has 0 saturated carbocycles. The molecule has 0 unspecified atom stereocenters. The second-order valence-corrected chi connectivity index (χ2v) is 2.57. The molecule has 11 heavy (non-hydrogen) atoms. The predicted octanol–water partition coefficient (Wildman–Crippen LogP) is 0.934. The zero-order valence-electron chi connectivity index (χ0n) is 6.57. The Morgan fingerprint density at radius 1 is 1.64 bits per heavy atom. The standard InChI is InChI=1S/C7H10N2O2/c1-5(2)7-8-6(3-4-10)9-11-7/h4-5H,3H2,1-2H3. The van der Waals surface area contributed by atoms with Crippen molar-refractivity contribution in [3.05, 3.63) is 11.7 Å².